The van der Waals surface area contributed by atoms with Crippen LogP contribution in [-0.2, 0) is 18.9 Å². The molecule has 2 heterocycles. The van der Waals surface area contributed by atoms with E-state index < -0.39 is 98.4 Å². The van der Waals surface area contributed by atoms with Gasteiger partial charge in [0.2, 0.25) is 0 Å². The summed E-state index contributed by atoms with van der Waals surface area (Å²) >= 11 is 0. The van der Waals surface area contributed by atoms with Crippen LogP contribution in [0.3, 0.4) is 0 Å². The van der Waals surface area contributed by atoms with E-state index in [0.717, 1.165) is 0 Å². The Balaban J connectivity index is 1.72. The number of rotatable bonds is 6. The number of hydrogen-bond donors (Lipinski definition) is 11. The fraction of sp³-hybridized carbons (Fsp3) is 1.00. The lowest BCUT2D eigenvalue weighted by Gasteiger charge is -2.48. The molecule has 0 spiro atoms. The highest BCUT2D eigenvalue weighted by atomic mass is 16.7. The van der Waals surface area contributed by atoms with Gasteiger partial charge in [-0.3, -0.25) is 0 Å². The van der Waals surface area contributed by atoms with Crippen LogP contribution in [-0.4, -0.2) is 141 Å². The lowest BCUT2D eigenvalue weighted by atomic mass is 9.84. The molecule has 15 nitrogen and oxygen atoms in total. The summed E-state index contributed by atoms with van der Waals surface area (Å²) in [7, 11) is 0. The molecule has 8 unspecified atom stereocenters. The van der Waals surface area contributed by atoms with Gasteiger partial charge < -0.3 is 77.6 Å². The van der Waals surface area contributed by atoms with E-state index in [2.05, 4.69) is 0 Å². The Morgan fingerprint density at radius 2 is 1.18 bits per heavy atom. The van der Waals surface area contributed by atoms with Gasteiger partial charge in [0.05, 0.1) is 12.6 Å². The van der Waals surface area contributed by atoms with Gasteiger partial charge in [0, 0.05) is 18.6 Å². The molecule has 15 N–H and O–H groups in total. The van der Waals surface area contributed by atoms with Crippen LogP contribution >= 0.6 is 0 Å². The number of hydrogen-bond acceptors (Lipinski definition) is 15. The second-order valence-electron chi connectivity index (χ2n) is 8.79. The quantitative estimate of drug-likeness (QED) is 0.167. The average molecular weight is 485 g/mol. The Morgan fingerprint density at radius 1 is 0.667 bits per heavy atom. The Hall–Kier alpha value is -0.600. The molecule has 0 aromatic rings. The smallest absolute Gasteiger partial charge is 0.187 e. The Labute approximate surface area is 189 Å². The fourth-order valence-corrected chi connectivity index (χ4v) is 4.40. The van der Waals surface area contributed by atoms with Gasteiger partial charge >= 0.3 is 0 Å². The monoisotopic (exact) mass is 484 g/mol. The van der Waals surface area contributed by atoms with Crippen molar-refractivity contribution in [2.45, 2.75) is 98.2 Å². The summed E-state index contributed by atoms with van der Waals surface area (Å²) in [5.41, 5.74) is 23.5. The van der Waals surface area contributed by atoms with Gasteiger partial charge in [-0.15, -0.1) is 0 Å². The van der Waals surface area contributed by atoms with Crippen LogP contribution in [0.4, 0.5) is 0 Å². The normalized spacial score (nSPS) is 53.7. The fourth-order valence-electron chi connectivity index (χ4n) is 4.40. The molecular formula is C18H36N4O11. The molecule has 33 heavy (non-hydrogen) atoms. The molecule has 3 rings (SSSR count). The van der Waals surface area contributed by atoms with E-state index in [4.69, 9.17) is 41.9 Å². The summed E-state index contributed by atoms with van der Waals surface area (Å²) in [6, 6.07) is -2.86. The predicted octanol–water partition coefficient (Wildman–Crippen LogP) is -7.29. The largest absolute Gasteiger partial charge is 0.394 e. The highest BCUT2D eigenvalue weighted by Crippen LogP contribution is 2.31. The highest BCUT2D eigenvalue weighted by Gasteiger charge is 2.51. The number of aliphatic hydroxyl groups excluding tert-OH is 7. The molecule has 3 aliphatic rings. The first-order valence-electron chi connectivity index (χ1n) is 10.8. The van der Waals surface area contributed by atoms with Crippen molar-refractivity contribution in [2.24, 2.45) is 22.9 Å². The van der Waals surface area contributed by atoms with Gasteiger partial charge in [0.1, 0.15) is 61.0 Å². The molecule has 1 aliphatic carbocycles. The second kappa shape index (κ2) is 11.0. The van der Waals surface area contributed by atoms with Crippen molar-refractivity contribution >= 4 is 0 Å². The molecule has 194 valence electrons. The zero-order valence-corrected chi connectivity index (χ0v) is 17.9. The standard InChI is InChI=1S/C18H36N4O11/c19-2-6-10(25)12(27)13(28)18(30-6)33-16-5(21)1-4(20)15(14(16)29)32-17-11(26)8(22)9(24)7(3-23)31-17/h4-18,23-29H,1-3,19-22H2/t4-,5+,6-,7?,8+,9?,10-,11?,12?,13?,14?,15?,16-,17?,18-/m1/s1. The molecule has 0 bridgehead atoms. The molecule has 3 fully saturated rings. The summed E-state index contributed by atoms with van der Waals surface area (Å²) in [5, 5.41) is 70.9. The molecule has 0 aromatic heterocycles. The van der Waals surface area contributed by atoms with Crippen molar-refractivity contribution in [3.05, 3.63) is 0 Å². The lowest BCUT2D eigenvalue weighted by molar-refractivity contribution is -0.332. The first kappa shape index (κ1) is 27.0. The first-order valence-corrected chi connectivity index (χ1v) is 10.8. The van der Waals surface area contributed by atoms with E-state index in [1.165, 1.54) is 0 Å². The second-order valence-corrected chi connectivity index (χ2v) is 8.79. The van der Waals surface area contributed by atoms with E-state index in [0.29, 0.717) is 0 Å². The van der Waals surface area contributed by atoms with Gasteiger partial charge in [-0.2, -0.15) is 0 Å². The van der Waals surface area contributed by atoms with Crippen LogP contribution in [0.5, 0.6) is 0 Å². The minimum absolute atomic E-state index is 0.0849. The number of nitrogens with two attached hydrogens (primary N) is 4. The van der Waals surface area contributed by atoms with Crippen LogP contribution in [0.1, 0.15) is 6.42 Å². The van der Waals surface area contributed by atoms with E-state index in [-0.39, 0.29) is 13.0 Å². The lowest BCUT2D eigenvalue weighted by Crippen LogP contribution is -2.68. The van der Waals surface area contributed by atoms with E-state index in [1.54, 1.807) is 0 Å². The van der Waals surface area contributed by atoms with Crippen molar-refractivity contribution in [3.8, 4) is 0 Å². The Bertz CT molecular complexity index is 584. The van der Waals surface area contributed by atoms with Crippen molar-refractivity contribution < 1.29 is 54.7 Å². The summed E-state index contributed by atoms with van der Waals surface area (Å²) in [6.45, 7) is -0.763. The minimum Gasteiger partial charge on any atom is -0.394 e. The van der Waals surface area contributed by atoms with E-state index in [9.17, 15) is 35.7 Å². The molecule has 0 radical (unpaired) electrons. The maximum atomic E-state index is 10.9. The summed E-state index contributed by atoms with van der Waals surface area (Å²) in [6.07, 6.45) is -16.5. The molecule has 0 amide bonds. The third-order valence-corrected chi connectivity index (χ3v) is 6.48. The molecular weight excluding hydrogens is 448 g/mol. The molecule has 1 saturated carbocycles. The van der Waals surface area contributed by atoms with Crippen molar-refractivity contribution in [2.75, 3.05) is 13.2 Å². The van der Waals surface area contributed by atoms with Crippen molar-refractivity contribution in [3.63, 3.8) is 0 Å². The van der Waals surface area contributed by atoms with E-state index >= 15 is 0 Å². The maximum absolute atomic E-state index is 10.9. The zero-order chi connectivity index (χ0) is 24.6. The third kappa shape index (κ3) is 5.32. The molecule has 2 aliphatic heterocycles. The zero-order valence-electron chi connectivity index (χ0n) is 17.9. The molecule has 15 heteroatoms. The van der Waals surface area contributed by atoms with Crippen LogP contribution < -0.4 is 22.9 Å². The van der Waals surface area contributed by atoms with Crippen LogP contribution in [0.2, 0.25) is 0 Å². The summed E-state index contributed by atoms with van der Waals surface area (Å²) < 4.78 is 22.2. The summed E-state index contributed by atoms with van der Waals surface area (Å²) in [4.78, 5) is 0. The van der Waals surface area contributed by atoms with Crippen LogP contribution in [0.25, 0.3) is 0 Å². The van der Waals surface area contributed by atoms with Gasteiger partial charge in [0.25, 0.3) is 0 Å². The van der Waals surface area contributed by atoms with Gasteiger partial charge in [-0.1, -0.05) is 0 Å². The minimum atomic E-state index is -1.66. The molecule has 0 aromatic carbocycles. The van der Waals surface area contributed by atoms with Gasteiger partial charge in [-0.05, 0) is 6.42 Å². The third-order valence-electron chi connectivity index (χ3n) is 6.48. The van der Waals surface area contributed by atoms with Gasteiger partial charge in [0.15, 0.2) is 12.6 Å². The van der Waals surface area contributed by atoms with Crippen molar-refractivity contribution in [1.82, 2.24) is 0 Å². The van der Waals surface area contributed by atoms with Crippen LogP contribution in [0.15, 0.2) is 0 Å². The number of aliphatic hydroxyl groups is 7. The predicted molar refractivity (Wildman–Crippen MR) is 108 cm³/mol. The average Bonchev–Trinajstić information content (AvgIpc) is 2.79. The highest BCUT2D eigenvalue weighted by molar-refractivity contribution is 5.01. The SMILES string of the molecule is NC[C@H]1O[C@H](O[C@H]2C(O)C(OC3OC(CO)C(O)[C@H](N)C3O)[C@H](N)C[C@@H]2N)C(O)C(O)[C@@H]1O. The number of ether oxygens (including phenoxy) is 4. The topological polar surface area (TPSA) is 283 Å². The van der Waals surface area contributed by atoms with Crippen molar-refractivity contribution in [1.29, 1.82) is 0 Å². The summed E-state index contributed by atoms with van der Waals surface area (Å²) in [5.74, 6) is 0. The first-order chi connectivity index (χ1) is 15.5. The molecule has 2 saturated heterocycles. The Morgan fingerprint density at radius 3 is 1.70 bits per heavy atom. The van der Waals surface area contributed by atoms with Crippen LogP contribution in [0, 0.1) is 0 Å². The Kier molecular flexibility index (Phi) is 8.99. The molecule has 15 atom stereocenters. The van der Waals surface area contributed by atoms with E-state index in [1.807, 2.05) is 0 Å². The maximum Gasteiger partial charge on any atom is 0.187 e. The van der Waals surface area contributed by atoms with Gasteiger partial charge in [-0.25, -0.2) is 0 Å².